The molecule has 1 aromatic rings. The molecule has 0 saturated carbocycles. The van der Waals surface area contributed by atoms with Crippen molar-refractivity contribution in [2.75, 3.05) is 7.11 Å². The third-order valence-electron chi connectivity index (χ3n) is 2.11. The van der Waals surface area contributed by atoms with Crippen LogP contribution in [0.25, 0.3) is 0 Å². The van der Waals surface area contributed by atoms with E-state index < -0.39 is 17.9 Å². The summed E-state index contributed by atoms with van der Waals surface area (Å²) in [5.74, 6) is -0.875. The van der Waals surface area contributed by atoms with Crippen LogP contribution in [0, 0.1) is 5.82 Å². The highest BCUT2D eigenvalue weighted by molar-refractivity contribution is 5.69. The molecule has 0 aliphatic heterocycles. The molecule has 0 aliphatic carbocycles. The van der Waals surface area contributed by atoms with Crippen LogP contribution in [0.15, 0.2) is 24.3 Å². The van der Waals surface area contributed by atoms with Crippen LogP contribution in [0.5, 0.6) is 0 Å². The van der Waals surface area contributed by atoms with Crippen LogP contribution in [0.3, 0.4) is 0 Å². The van der Waals surface area contributed by atoms with Crippen molar-refractivity contribution < 1.29 is 19.0 Å². The zero-order chi connectivity index (χ0) is 11.3. The van der Waals surface area contributed by atoms with Gasteiger partial charge in [-0.3, -0.25) is 4.79 Å². The summed E-state index contributed by atoms with van der Waals surface area (Å²) >= 11 is 0. The van der Waals surface area contributed by atoms with E-state index in [1.807, 2.05) is 0 Å². The fourth-order valence-corrected chi connectivity index (χ4v) is 1.26. The van der Waals surface area contributed by atoms with Crippen LogP contribution < -0.4 is 0 Å². The van der Waals surface area contributed by atoms with E-state index in [2.05, 4.69) is 4.74 Å². The molecule has 1 N–H and O–H groups in total. The Morgan fingerprint density at radius 1 is 1.53 bits per heavy atom. The van der Waals surface area contributed by atoms with Crippen LogP contribution in [-0.2, 0) is 9.53 Å². The van der Waals surface area contributed by atoms with Crippen LogP contribution in [0.2, 0.25) is 0 Å². The molecule has 0 heterocycles. The van der Waals surface area contributed by atoms with E-state index in [0.717, 1.165) is 0 Å². The molecular formula is C11H13FO3. The minimum atomic E-state index is -0.967. The summed E-state index contributed by atoms with van der Waals surface area (Å²) < 4.78 is 17.6. The van der Waals surface area contributed by atoms with E-state index in [4.69, 9.17) is 0 Å². The van der Waals surface area contributed by atoms with Gasteiger partial charge in [0.1, 0.15) is 5.82 Å². The quantitative estimate of drug-likeness (QED) is 0.774. The average Bonchev–Trinajstić information content (AvgIpc) is 2.26. The highest BCUT2D eigenvalue weighted by Crippen LogP contribution is 2.20. The normalized spacial score (nSPS) is 12.2. The number of hydrogen-bond acceptors (Lipinski definition) is 3. The van der Waals surface area contributed by atoms with Gasteiger partial charge in [0.05, 0.1) is 13.2 Å². The molecule has 4 heteroatoms. The Morgan fingerprint density at radius 3 is 2.80 bits per heavy atom. The van der Waals surface area contributed by atoms with E-state index >= 15 is 0 Å². The number of ether oxygens (including phenoxy) is 1. The number of carbonyl (C=O) groups is 1. The van der Waals surface area contributed by atoms with Crippen molar-refractivity contribution in [1.29, 1.82) is 0 Å². The summed E-state index contributed by atoms with van der Waals surface area (Å²) in [4.78, 5) is 10.8. The van der Waals surface area contributed by atoms with Crippen LogP contribution in [0.1, 0.15) is 24.5 Å². The predicted octanol–water partition coefficient (Wildman–Crippen LogP) is 1.81. The van der Waals surface area contributed by atoms with Gasteiger partial charge in [-0.1, -0.05) is 18.2 Å². The maximum atomic E-state index is 13.2. The third-order valence-corrected chi connectivity index (χ3v) is 2.11. The highest BCUT2D eigenvalue weighted by Gasteiger charge is 2.13. The van der Waals surface area contributed by atoms with Crippen molar-refractivity contribution in [2.45, 2.75) is 18.9 Å². The van der Waals surface area contributed by atoms with E-state index in [1.54, 1.807) is 12.1 Å². The Morgan fingerprint density at radius 2 is 2.20 bits per heavy atom. The molecule has 1 atom stereocenters. The van der Waals surface area contributed by atoms with Gasteiger partial charge in [0.2, 0.25) is 0 Å². The number of methoxy groups -OCH3 is 1. The van der Waals surface area contributed by atoms with Crippen LogP contribution >= 0.6 is 0 Å². The first-order valence-corrected chi connectivity index (χ1v) is 4.64. The smallest absolute Gasteiger partial charge is 0.305 e. The number of aliphatic hydroxyl groups is 1. The minimum Gasteiger partial charge on any atom is -0.469 e. The first-order valence-electron chi connectivity index (χ1n) is 4.64. The van der Waals surface area contributed by atoms with Gasteiger partial charge in [-0.05, 0) is 12.5 Å². The van der Waals surface area contributed by atoms with Gasteiger partial charge in [-0.25, -0.2) is 4.39 Å². The molecule has 0 bridgehead atoms. The Balaban J connectivity index is 2.57. The average molecular weight is 212 g/mol. The van der Waals surface area contributed by atoms with Gasteiger partial charge in [-0.15, -0.1) is 0 Å². The molecule has 1 aromatic carbocycles. The van der Waals surface area contributed by atoms with Gasteiger partial charge < -0.3 is 9.84 Å². The van der Waals surface area contributed by atoms with Crippen molar-refractivity contribution in [3.63, 3.8) is 0 Å². The maximum absolute atomic E-state index is 13.2. The second-order valence-corrected chi connectivity index (χ2v) is 3.15. The van der Waals surface area contributed by atoms with Gasteiger partial charge in [0, 0.05) is 12.0 Å². The number of halogens is 1. The van der Waals surface area contributed by atoms with Crippen molar-refractivity contribution in [3.05, 3.63) is 35.6 Å². The minimum absolute atomic E-state index is 0.0754. The molecular weight excluding hydrogens is 199 g/mol. The molecule has 1 rings (SSSR count). The second kappa shape index (κ2) is 5.46. The second-order valence-electron chi connectivity index (χ2n) is 3.15. The monoisotopic (exact) mass is 212 g/mol. The molecule has 0 aliphatic rings. The Hall–Kier alpha value is -1.42. The van der Waals surface area contributed by atoms with E-state index in [-0.39, 0.29) is 18.4 Å². The molecule has 82 valence electrons. The van der Waals surface area contributed by atoms with E-state index in [1.165, 1.54) is 19.2 Å². The zero-order valence-corrected chi connectivity index (χ0v) is 8.44. The molecule has 0 amide bonds. The van der Waals surface area contributed by atoms with Gasteiger partial charge >= 0.3 is 5.97 Å². The molecule has 1 unspecified atom stereocenters. The van der Waals surface area contributed by atoms with Gasteiger partial charge in [0.15, 0.2) is 0 Å². The summed E-state index contributed by atoms with van der Waals surface area (Å²) in [6, 6.07) is 5.96. The van der Waals surface area contributed by atoms with Crippen molar-refractivity contribution in [2.24, 2.45) is 0 Å². The summed E-state index contributed by atoms with van der Waals surface area (Å²) in [6.45, 7) is 0. The highest BCUT2D eigenvalue weighted by atomic mass is 19.1. The first kappa shape index (κ1) is 11.7. The Kier molecular flexibility index (Phi) is 4.24. The summed E-state index contributed by atoms with van der Waals surface area (Å²) in [6.07, 6.45) is -0.732. The van der Waals surface area contributed by atoms with Gasteiger partial charge in [-0.2, -0.15) is 0 Å². The Labute approximate surface area is 87.5 Å². The zero-order valence-electron chi connectivity index (χ0n) is 8.44. The SMILES string of the molecule is COC(=O)CCC(O)c1ccccc1F. The summed E-state index contributed by atoms with van der Waals surface area (Å²) in [5, 5.41) is 9.60. The number of rotatable bonds is 4. The fraction of sp³-hybridized carbons (Fsp3) is 0.364. The van der Waals surface area contributed by atoms with Crippen molar-refractivity contribution in [3.8, 4) is 0 Å². The molecule has 3 nitrogen and oxygen atoms in total. The molecule has 15 heavy (non-hydrogen) atoms. The molecule has 0 aromatic heterocycles. The lowest BCUT2D eigenvalue weighted by Gasteiger charge is -2.10. The number of aliphatic hydroxyl groups excluding tert-OH is 1. The lowest BCUT2D eigenvalue weighted by molar-refractivity contribution is -0.141. The molecule has 0 fully saturated rings. The standard InChI is InChI=1S/C11H13FO3/c1-15-11(14)7-6-10(13)8-4-2-3-5-9(8)12/h2-5,10,13H,6-7H2,1H3. The first-order chi connectivity index (χ1) is 7.15. The van der Waals surface area contributed by atoms with Crippen molar-refractivity contribution in [1.82, 2.24) is 0 Å². The molecule has 0 spiro atoms. The maximum Gasteiger partial charge on any atom is 0.305 e. The molecule has 0 radical (unpaired) electrons. The third kappa shape index (κ3) is 3.32. The van der Waals surface area contributed by atoms with E-state index in [0.29, 0.717) is 0 Å². The topological polar surface area (TPSA) is 46.5 Å². The number of esters is 1. The van der Waals surface area contributed by atoms with Gasteiger partial charge in [0.25, 0.3) is 0 Å². The largest absolute Gasteiger partial charge is 0.469 e. The molecule has 0 saturated heterocycles. The number of hydrogen-bond donors (Lipinski definition) is 1. The lowest BCUT2D eigenvalue weighted by Crippen LogP contribution is -2.06. The fourth-order valence-electron chi connectivity index (χ4n) is 1.26. The van der Waals surface area contributed by atoms with Crippen molar-refractivity contribution >= 4 is 5.97 Å². The summed E-state index contributed by atoms with van der Waals surface area (Å²) in [5.41, 5.74) is 0.210. The lowest BCUT2D eigenvalue weighted by atomic mass is 10.0. The van der Waals surface area contributed by atoms with Crippen LogP contribution in [-0.4, -0.2) is 18.2 Å². The number of benzene rings is 1. The van der Waals surface area contributed by atoms with E-state index in [9.17, 15) is 14.3 Å². The number of carbonyl (C=O) groups excluding carboxylic acids is 1. The van der Waals surface area contributed by atoms with Crippen LogP contribution in [0.4, 0.5) is 4.39 Å². The Bertz CT molecular complexity index is 338. The predicted molar refractivity (Wildman–Crippen MR) is 52.6 cm³/mol. The summed E-state index contributed by atoms with van der Waals surface area (Å²) in [7, 11) is 1.28.